The number of benzene rings is 2. The molecule has 0 radical (unpaired) electrons. The van der Waals surface area contributed by atoms with Crippen molar-refractivity contribution in [2.75, 3.05) is 0 Å². The molecule has 0 atom stereocenters. The second-order valence-corrected chi connectivity index (χ2v) is 5.36. The van der Waals surface area contributed by atoms with Crippen molar-refractivity contribution in [3.8, 4) is 17.2 Å². The molecule has 0 unspecified atom stereocenters. The summed E-state index contributed by atoms with van der Waals surface area (Å²) in [6, 6.07) is 12.7. The van der Waals surface area contributed by atoms with E-state index in [0.717, 1.165) is 0 Å². The quantitative estimate of drug-likeness (QED) is 0.340. The van der Waals surface area contributed by atoms with Crippen molar-refractivity contribution in [1.82, 2.24) is 0 Å². The fourth-order valence-electron chi connectivity index (χ4n) is 1.80. The lowest BCUT2D eigenvalue weighted by Crippen LogP contribution is -2.09. The van der Waals surface area contributed by atoms with E-state index < -0.39 is 11.9 Å². The summed E-state index contributed by atoms with van der Waals surface area (Å²) in [7, 11) is 0. The first-order valence-corrected chi connectivity index (χ1v) is 7.48. The van der Waals surface area contributed by atoms with Crippen LogP contribution in [0.5, 0.6) is 17.2 Å². The summed E-state index contributed by atoms with van der Waals surface area (Å²) in [4.78, 5) is 23.6. The van der Waals surface area contributed by atoms with Crippen LogP contribution in [-0.4, -0.2) is 11.9 Å². The highest BCUT2D eigenvalue weighted by Crippen LogP contribution is 2.20. The standard InChI is InChI=1S/C20H18O5/c1-13(2)19(21)24-17-9-11-18(12-10-17)25-20(22)15-5-7-16(8-6-15)23-14(3)4/h5-12H,1,3H2,2,4H3. The van der Waals surface area contributed by atoms with Crippen LogP contribution in [0, 0.1) is 0 Å². The molecule has 128 valence electrons. The van der Waals surface area contributed by atoms with Gasteiger partial charge in [-0.25, -0.2) is 9.59 Å². The Morgan fingerprint density at radius 2 is 1.16 bits per heavy atom. The molecule has 0 N–H and O–H groups in total. The van der Waals surface area contributed by atoms with Crippen molar-refractivity contribution < 1.29 is 23.8 Å². The number of allylic oxidation sites excluding steroid dienone is 1. The number of rotatable bonds is 6. The van der Waals surface area contributed by atoms with Crippen molar-refractivity contribution >= 4 is 11.9 Å². The van der Waals surface area contributed by atoms with Crippen molar-refractivity contribution in [2.45, 2.75) is 13.8 Å². The molecule has 0 aliphatic heterocycles. The fraction of sp³-hybridized carbons (Fsp3) is 0.100. The Hall–Kier alpha value is -3.34. The van der Waals surface area contributed by atoms with Gasteiger partial charge in [0.05, 0.1) is 11.3 Å². The molecule has 0 amide bonds. The van der Waals surface area contributed by atoms with Crippen LogP contribution in [0.4, 0.5) is 0 Å². The van der Waals surface area contributed by atoms with Gasteiger partial charge in [0.2, 0.25) is 0 Å². The zero-order valence-electron chi connectivity index (χ0n) is 14.1. The van der Waals surface area contributed by atoms with Crippen molar-refractivity contribution in [2.24, 2.45) is 0 Å². The van der Waals surface area contributed by atoms with Crippen LogP contribution in [0.1, 0.15) is 24.2 Å². The molecule has 0 aromatic heterocycles. The molecule has 2 aromatic carbocycles. The average Bonchev–Trinajstić information content (AvgIpc) is 2.56. The Labute approximate surface area is 146 Å². The molecule has 5 nitrogen and oxygen atoms in total. The van der Waals surface area contributed by atoms with E-state index in [1.54, 1.807) is 38.1 Å². The van der Waals surface area contributed by atoms with E-state index in [9.17, 15) is 9.59 Å². The minimum atomic E-state index is -0.512. The maximum atomic E-state index is 12.1. The normalized spacial score (nSPS) is 9.84. The molecule has 0 aliphatic rings. The molecule has 0 spiro atoms. The lowest BCUT2D eigenvalue weighted by atomic mass is 10.2. The molecule has 0 heterocycles. The van der Waals surface area contributed by atoms with Crippen molar-refractivity contribution in [3.63, 3.8) is 0 Å². The van der Waals surface area contributed by atoms with Gasteiger partial charge in [-0.15, -0.1) is 0 Å². The molecule has 0 aliphatic carbocycles. The largest absolute Gasteiger partial charge is 0.463 e. The summed E-state index contributed by atoms with van der Waals surface area (Å²) < 4.78 is 15.7. The second-order valence-electron chi connectivity index (χ2n) is 5.36. The fourth-order valence-corrected chi connectivity index (χ4v) is 1.80. The van der Waals surface area contributed by atoms with E-state index in [1.165, 1.54) is 24.3 Å². The van der Waals surface area contributed by atoms with Gasteiger partial charge < -0.3 is 14.2 Å². The van der Waals surface area contributed by atoms with Gasteiger partial charge >= 0.3 is 11.9 Å². The van der Waals surface area contributed by atoms with Gasteiger partial charge in [-0.05, 0) is 62.4 Å². The molecule has 5 heteroatoms. The highest BCUT2D eigenvalue weighted by atomic mass is 16.5. The lowest BCUT2D eigenvalue weighted by Gasteiger charge is -2.08. The Morgan fingerprint density at radius 1 is 0.720 bits per heavy atom. The molecule has 2 rings (SSSR count). The first kappa shape index (κ1) is 18.0. The van der Waals surface area contributed by atoms with Gasteiger partial charge in [0.25, 0.3) is 0 Å². The molecule has 0 saturated heterocycles. The monoisotopic (exact) mass is 338 g/mol. The van der Waals surface area contributed by atoms with Crippen LogP contribution in [0.2, 0.25) is 0 Å². The summed E-state index contributed by atoms with van der Waals surface area (Å²) in [6.45, 7) is 10.5. The topological polar surface area (TPSA) is 61.8 Å². The lowest BCUT2D eigenvalue weighted by molar-refractivity contribution is -0.130. The number of carbonyl (C=O) groups excluding carboxylic acids is 2. The Bertz CT molecular complexity index is 801. The Kier molecular flexibility index (Phi) is 5.74. The zero-order chi connectivity index (χ0) is 18.4. The summed E-state index contributed by atoms with van der Waals surface area (Å²) in [6.07, 6.45) is 0. The van der Waals surface area contributed by atoms with Crippen LogP contribution >= 0.6 is 0 Å². The third-order valence-corrected chi connectivity index (χ3v) is 2.98. The maximum absolute atomic E-state index is 12.1. The molecule has 0 bridgehead atoms. The van der Waals surface area contributed by atoms with Gasteiger partial charge in [0.1, 0.15) is 17.2 Å². The van der Waals surface area contributed by atoms with E-state index in [4.69, 9.17) is 14.2 Å². The third kappa shape index (κ3) is 5.35. The average molecular weight is 338 g/mol. The second kappa shape index (κ2) is 7.97. The van der Waals surface area contributed by atoms with E-state index in [2.05, 4.69) is 13.2 Å². The SMILES string of the molecule is C=C(C)Oc1ccc(C(=O)Oc2ccc(OC(=O)C(=C)C)cc2)cc1. The highest BCUT2D eigenvalue weighted by molar-refractivity contribution is 5.91. The van der Waals surface area contributed by atoms with E-state index >= 15 is 0 Å². The van der Waals surface area contributed by atoms with Gasteiger partial charge in [-0.3, -0.25) is 0 Å². The molecule has 0 saturated carbocycles. The number of carbonyl (C=O) groups is 2. The number of esters is 2. The first-order chi connectivity index (χ1) is 11.8. The van der Waals surface area contributed by atoms with Crippen molar-refractivity contribution in [3.05, 3.63) is 78.6 Å². The summed E-state index contributed by atoms with van der Waals surface area (Å²) in [5.41, 5.74) is 0.682. The molecule has 2 aromatic rings. The van der Waals surface area contributed by atoms with E-state index in [1.807, 2.05) is 0 Å². The van der Waals surface area contributed by atoms with Crippen LogP contribution in [0.15, 0.2) is 73.0 Å². The van der Waals surface area contributed by atoms with Gasteiger partial charge in [-0.1, -0.05) is 13.2 Å². The Morgan fingerprint density at radius 3 is 1.64 bits per heavy atom. The van der Waals surface area contributed by atoms with Gasteiger partial charge in [0, 0.05) is 5.57 Å². The minimum absolute atomic E-state index is 0.301. The highest BCUT2D eigenvalue weighted by Gasteiger charge is 2.10. The van der Waals surface area contributed by atoms with Crippen LogP contribution < -0.4 is 14.2 Å². The number of hydrogen-bond acceptors (Lipinski definition) is 5. The number of hydrogen-bond donors (Lipinski definition) is 0. The minimum Gasteiger partial charge on any atom is -0.463 e. The summed E-state index contributed by atoms with van der Waals surface area (Å²) in [5.74, 6) is 0.808. The zero-order valence-corrected chi connectivity index (χ0v) is 14.1. The van der Waals surface area contributed by atoms with Crippen LogP contribution in [0.3, 0.4) is 0 Å². The van der Waals surface area contributed by atoms with Gasteiger partial charge in [-0.2, -0.15) is 0 Å². The smallest absolute Gasteiger partial charge is 0.343 e. The van der Waals surface area contributed by atoms with Crippen LogP contribution in [-0.2, 0) is 4.79 Å². The first-order valence-electron chi connectivity index (χ1n) is 7.48. The molecule has 0 fully saturated rings. The maximum Gasteiger partial charge on any atom is 0.343 e. The predicted molar refractivity (Wildman–Crippen MR) is 93.7 cm³/mol. The van der Waals surface area contributed by atoms with Crippen LogP contribution in [0.25, 0.3) is 0 Å². The Balaban J connectivity index is 1.99. The van der Waals surface area contributed by atoms with E-state index in [-0.39, 0.29) is 0 Å². The van der Waals surface area contributed by atoms with Crippen molar-refractivity contribution in [1.29, 1.82) is 0 Å². The third-order valence-electron chi connectivity index (χ3n) is 2.98. The molecular formula is C20H18O5. The summed E-state index contributed by atoms with van der Waals surface area (Å²) in [5, 5.41) is 0. The van der Waals surface area contributed by atoms with E-state index in [0.29, 0.717) is 34.1 Å². The number of ether oxygens (including phenoxy) is 3. The van der Waals surface area contributed by atoms with Gasteiger partial charge in [0.15, 0.2) is 0 Å². The summed E-state index contributed by atoms with van der Waals surface area (Å²) >= 11 is 0. The molecule has 25 heavy (non-hydrogen) atoms. The predicted octanol–water partition coefficient (Wildman–Crippen LogP) is 4.30. The molecular weight excluding hydrogens is 320 g/mol.